The number of alkyl halides is 3. The highest BCUT2D eigenvalue weighted by Gasteiger charge is 2.41. The van der Waals surface area contributed by atoms with E-state index in [1.807, 2.05) is 0 Å². The van der Waals surface area contributed by atoms with Crippen molar-refractivity contribution < 1.29 is 22.8 Å². The van der Waals surface area contributed by atoms with Crippen LogP contribution < -0.4 is 5.32 Å². The zero-order valence-electron chi connectivity index (χ0n) is 10.8. The van der Waals surface area contributed by atoms with Crippen LogP contribution in [0.1, 0.15) is 41.8 Å². The third-order valence-electron chi connectivity index (χ3n) is 2.27. The fourth-order valence-corrected chi connectivity index (χ4v) is 1.65. The topological polar surface area (TPSA) is 46.2 Å². The van der Waals surface area contributed by atoms with E-state index in [9.17, 15) is 22.8 Å². The molecule has 1 aromatic rings. The molecule has 2 rings (SSSR count). The zero-order valence-corrected chi connectivity index (χ0v) is 10.8. The SMILES string of the molecule is CCC.Cc1cc2c(c(C(F)(F)F)c1)C(=O)C(=O)N2. The van der Waals surface area contributed by atoms with Crippen molar-refractivity contribution in [1.82, 2.24) is 0 Å². The van der Waals surface area contributed by atoms with Crippen molar-refractivity contribution in [3.8, 4) is 0 Å². The highest BCUT2D eigenvalue weighted by molar-refractivity contribution is 6.52. The van der Waals surface area contributed by atoms with Crippen LogP contribution >= 0.6 is 0 Å². The first-order chi connectivity index (χ1) is 8.72. The number of nitrogens with one attached hydrogen (secondary N) is 1. The number of amides is 1. The number of rotatable bonds is 0. The number of fused-ring (bicyclic) bond motifs is 1. The summed E-state index contributed by atoms with van der Waals surface area (Å²) in [6.07, 6.45) is -3.39. The highest BCUT2D eigenvalue weighted by atomic mass is 19.4. The van der Waals surface area contributed by atoms with E-state index in [4.69, 9.17) is 0 Å². The number of hydrogen-bond donors (Lipinski definition) is 1. The summed E-state index contributed by atoms with van der Waals surface area (Å²) in [5.74, 6) is -2.16. The lowest BCUT2D eigenvalue weighted by atomic mass is 10.0. The molecule has 6 heteroatoms. The Bertz CT molecular complexity index is 521. The Morgan fingerprint density at radius 1 is 1.16 bits per heavy atom. The van der Waals surface area contributed by atoms with Crippen LogP contribution in [-0.4, -0.2) is 11.7 Å². The number of carbonyl (C=O) groups excluding carboxylic acids is 2. The second-order valence-electron chi connectivity index (χ2n) is 4.22. The summed E-state index contributed by atoms with van der Waals surface area (Å²) in [7, 11) is 0. The monoisotopic (exact) mass is 273 g/mol. The third-order valence-corrected chi connectivity index (χ3v) is 2.27. The molecule has 0 bridgehead atoms. The molecule has 0 radical (unpaired) electrons. The van der Waals surface area contributed by atoms with Crippen molar-refractivity contribution in [2.24, 2.45) is 0 Å². The van der Waals surface area contributed by atoms with Gasteiger partial charge in [-0.3, -0.25) is 9.59 Å². The molecule has 3 nitrogen and oxygen atoms in total. The minimum atomic E-state index is -4.64. The van der Waals surface area contributed by atoms with Crippen LogP contribution in [0.4, 0.5) is 18.9 Å². The summed E-state index contributed by atoms with van der Waals surface area (Å²) in [6, 6.07) is 2.20. The number of halogens is 3. The van der Waals surface area contributed by atoms with Crippen LogP contribution in [0, 0.1) is 6.92 Å². The van der Waals surface area contributed by atoms with E-state index in [-0.39, 0.29) is 5.69 Å². The van der Waals surface area contributed by atoms with Gasteiger partial charge >= 0.3 is 6.18 Å². The third kappa shape index (κ3) is 3.13. The van der Waals surface area contributed by atoms with Crippen LogP contribution in [0.25, 0.3) is 0 Å². The molecule has 0 aliphatic carbocycles. The quantitative estimate of drug-likeness (QED) is 0.734. The van der Waals surface area contributed by atoms with E-state index in [0.717, 1.165) is 6.07 Å². The normalized spacial score (nSPS) is 13.6. The van der Waals surface area contributed by atoms with Crippen LogP contribution in [-0.2, 0) is 11.0 Å². The summed E-state index contributed by atoms with van der Waals surface area (Å²) < 4.78 is 37.9. The van der Waals surface area contributed by atoms with Crippen molar-refractivity contribution in [1.29, 1.82) is 0 Å². The second kappa shape index (κ2) is 5.42. The molecule has 0 atom stereocenters. The average molecular weight is 273 g/mol. The maximum Gasteiger partial charge on any atom is 0.417 e. The van der Waals surface area contributed by atoms with E-state index in [2.05, 4.69) is 19.2 Å². The summed E-state index contributed by atoms with van der Waals surface area (Å²) in [5.41, 5.74) is -1.38. The largest absolute Gasteiger partial charge is 0.417 e. The molecule has 1 aliphatic rings. The van der Waals surface area contributed by atoms with Gasteiger partial charge in [0.15, 0.2) is 0 Å². The van der Waals surface area contributed by atoms with Crippen molar-refractivity contribution in [3.05, 3.63) is 28.8 Å². The predicted octanol–water partition coefficient (Wildman–Crippen LogP) is 3.56. The van der Waals surface area contributed by atoms with Crippen LogP contribution in [0.2, 0.25) is 0 Å². The lowest BCUT2D eigenvalue weighted by molar-refractivity contribution is -0.137. The number of benzene rings is 1. The van der Waals surface area contributed by atoms with Gasteiger partial charge in [0.25, 0.3) is 11.7 Å². The van der Waals surface area contributed by atoms with Gasteiger partial charge < -0.3 is 5.32 Å². The molecule has 0 saturated carbocycles. The summed E-state index contributed by atoms with van der Waals surface area (Å²) in [5, 5.41) is 2.11. The average Bonchev–Trinajstić information content (AvgIpc) is 2.53. The second-order valence-corrected chi connectivity index (χ2v) is 4.22. The molecule has 1 heterocycles. The minimum Gasteiger partial charge on any atom is -0.318 e. The number of hydrogen-bond acceptors (Lipinski definition) is 2. The molecule has 19 heavy (non-hydrogen) atoms. The highest BCUT2D eigenvalue weighted by Crippen LogP contribution is 2.38. The fourth-order valence-electron chi connectivity index (χ4n) is 1.65. The molecule has 0 spiro atoms. The van der Waals surface area contributed by atoms with Gasteiger partial charge in [-0.2, -0.15) is 13.2 Å². The van der Waals surface area contributed by atoms with E-state index < -0.39 is 29.0 Å². The minimum absolute atomic E-state index is 0.0673. The maximum atomic E-state index is 12.6. The maximum absolute atomic E-state index is 12.6. The number of carbonyl (C=O) groups is 2. The summed E-state index contributed by atoms with van der Waals surface area (Å²) >= 11 is 0. The standard InChI is InChI=1S/C10H6F3NO2.C3H8/c1-4-2-5(10(11,12)13)7-6(3-4)14-9(16)8(7)15;1-3-2/h2-3H,1H3,(H,14,15,16);3H2,1-2H3. The van der Waals surface area contributed by atoms with Gasteiger partial charge in [0, 0.05) is 0 Å². The molecular weight excluding hydrogens is 259 g/mol. The Morgan fingerprint density at radius 3 is 2.16 bits per heavy atom. The fraction of sp³-hybridized carbons (Fsp3) is 0.385. The Hall–Kier alpha value is -1.85. The molecule has 1 N–H and O–H groups in total. The lowest BCUT2D eigenvalue weighted by Gasteiger charge is -2.11. The molecule has 0 fully saturated rings. The molecular formula is C13H14F3NO2. The molecule has 1 aliphatic heterocycles. The summed E-state index contributed by atoms with van der Waals surface area (Å²) in [6.45, 7) is 5.71. The molecule has 0 unspecified atom stereocenters. The van der Waals surface area contributed by atoms with Crippen LogP contribution in [0.3, 0.4) is 0 Å². The smallest absolute Gasteiger partial charge is 0.318 e. The van der Waals surface area contributed by atoms with Gasteiger partial charge in [-0.1, -0.05) is 20.3 Å². The van der Waals surface area contributed by atoms with Crippen molar-refractivity contribution >= 4 is 17.4 Å². The Kier molecular flexibility index (Phi) is 4.34. The Balaban J connectivity index is 0.000000550. The molecule has 0 aromatic heterocycles. The van der Waals surface area contributed by atoms with Gasteiger partial charge in [0.05, 0.1) is 16.8 Å². The Morgan fingerprint density at radius 2 is 1.68 bits per heavy atom. The zero-order chi connectivity index (χ0) is 14.8. The van der Waals surface area contributed by atoms with E-state index in [1.54, 1.807) is 0 Å². The molecule has 1 aromatic carbocycles. The first-order valence-corrected chi connectivity index (χ1v) is 5.79. The van der Waals surface area contributed by atoms with Crippen LogP contribution in [0.5, 0.6) is 0 Å². The lowest BCUT2D eigenvalue weighted by Crippen LogP contribution is -2.16. The molecule has 0 saturated heterocycles. The van der Waals surface area contributed by atoms with Crippen molar-refractivity contribution in [2.75, 3.05) is 5.32 Å². The van der Waals surface area contributed by atoms with Crippen LogP contribution in [0.15, 0.2) is 12.1 Å². The van der Waals surface area contributed by atoms with E-state index in [1.165, 1.54) is 19.4 Å². The molecule has 104 valence electrons. The first-order valence-electron chi connectivity index (χ1n) is 5.79. The van der Waals surface area contributed by atoms with Gasteiger partial charge in [-0.15, -0.1) is 0 Å². The number of ketones is 1. The number of Topliss-reactive ketones (excluding diaryl/α,β-unsaturated/α-hetero) is 1. The Labute approximate surface area is 108 Å². The predicted molar refractivity (Wildman–Crippen MR) is 65.1 cm³/mol. The van der Waals surface area contributed by atoms with Crippen molar-refractivity contribution in [3.63, 3.8) is 0 Å². The van der Waals surface area contributed by atoms with E-state index in [0.29, 0.717) is 5.56 Å². The van der Waals surface area contributed by atoms with Gasteiger partial charge in [0.2, 0.25) is 0 Å². The van der Waals surface area contributed by atoms with Gasteiger partial charge in [-0.25, -0.2) is 0 Å². The molecule has 1 amide bonds. The van der Waals surface area contributed by atoms with Gasteiger partial charge in [-0.05, 0) is 24.6 Å². The summed E-state index contributed by atoms with van der Waals surface area (Å²) in [4.78, 5) is 22.3. The first kappa shape index (κ1) is 15.2. The van der Waals surface area contributed by atoms with E-state index >= 15 is 0 Å². The van der Waals surface area contributed by atoms with Crippen molar-refractivity contribution in [2.45, 2.75) is 33.4 Å². The number of aryl methyl sites for hydroxylation is 1. The van der Waals surface area contributed by atoms with Gasteiger partial charge in [0.1, 0.15) is 0 Å². The number of anilines is 1.